The second-order valence-corrected chi connectivity index (χ2v) is 6.10. The molecule has 2 aromatic carbocycles. The van der Waals surface area contributed by atoms with E-state index >= 15 is 0 Å². The Labute approximate surface area is 138 Å². The maximum Gasteiger partial charge on any atom is 0.161 e. The van der Waals surface area contributed by atoms with Crippen molar-refractivity contribution in [2.24, 2.45) is 0 Å². The van der Waals surface area contributed by atoms with E-state index in [9.17, 15) is 8.78 Å². The van der Waals surface area contributed by atoms with Gasteiger partial charge in [0, 0.05) is 43.3 Å². The zero-order chi connectivity index (χ0) is 16.7. The van der Waals surface area contributed by atoms with Gasteiger partial charge in [0.05, 0.1) is 17.4 Å². The molecule has 6 heteroatoms. The molecule has 0 spiro atoms. The molecule has 124 valence electrons. The predicted molar refractivity (Wildman–Crippen MR) is 90.8 cm³/mol. The Morgan fingerprint density at radius 2 is 1.83 bits per heavy atom. The average molecular weight is 328 g/mol. The number of piperazine rings is 1. The summed E-state index contributed by atoms with van der Waals surface area (Å²) in [5, 5.41) is 8.68. The van der Waals surface area contributed by atoms with E-state index in [0.717, 1.165) is 42.8 Å². The van der Waals surface area contributed by atoms with E-state index in [2.05, 4.69) is 27.4 Å². The van der Waals surface area contributed by atoms with Gasteiger partial charge in [-0.2, -0.15) is 5.10 Å². The second kappa shape index (κ2) is 5.87. The van der Waals surface area contributed by atoms with Gasteiger partial charge in [0.1, 0.15) is 0 Å². The summed E-state index contributed by atoms with van der Waals surface area (Å²) in [5.74, 6) is -1.66. The number of hydrogen-bond acceptors (Lipinski definition) is 3. The zero-order valence-corrected chi connectivity index (χ0v) is 13.4. The van der Waals surface area contributed by atoms with Crippen LogP contribution in [0.3, 0.4) is 0 Å². The monoisotopic (exact) mass is 328 g/mol. The molecule has 0 aliphatic carbocycles. The molecule has 1 N–H and O–H groups in total. The molecular formula is C18H18F2N4. The SMILES string of the molecule is Cc1cc(-n2ncc3cc(N4CCNCC4)ccc32)cc(F)c1F. The van der Waals surface area contributed by atoms with Gasteiger partial charge < -0.3 is 10.2 Å². The fourth-order valence-corrected chi connectivity index (χ4v) is 3.18. The fourth-order valence-electron chi connectivity index (χ4n) is 3.18. The molecule has 0 radical (unpaired) electrons. The molecule has 4 nitrogen and oxygen atoms in total. The summed E-state index contributed by atoms with van der Waals surface area (Å²) in [5.41, 5.74) is 2.83. The molecule has 2 heterocycles. The summed E-state index contributed by atoms with van der Waals surface area (Å²) in [7, 11) is 0. The molecule has 0 bridgehead atoms. The second-order valence-electron chi connectivity index (χ2n) is 6.10. The number of anilines is 1. The lowest BCUT2D eigenvalue weighted by atomic mass is 10.2. The lowest BCUT2D eigenvalue weighted by Crippen LogP contribution is -2.43. The minimum absolute atomic E-state index is 0.270. The number of aromatic nitrogens is 2. The molecule has 1 aliphatic rings. The normalized spacial score (nSPS) is 15.2. The number of nitrogens with zero attached hydrogens (tertiary/aromatic N) is 3. The quantitative estimate of drug-likeness (QED) is 0.785. The Kier molecular flexibility index (Phi) is 3.69. The molecule has 0 atom stereocenters. The fraction of sp³-hybridized carbons (Fsp3) is 0.278. The highest BCUT2D eigenvalue weighted by Gasteiger charge is 2.14. The summed E-state index contributed by atoms with van der Waals surface area (Å²) in [4.78, 5) is 2.33. The molecule has 4 rings (SSSR count). The first-order valence-electron chi connectivity index (χ1n) is 8.03. The van der Waals surface area contributed by atoms with Crippen molar-refractivity contribution in [3.05, 3.63) is 53.7 Å². The molecule has 3 aromatic rings. The lowest BCUT2D eigenvalue weighted by molar-refractivity contribution is 0.502. The van der Waals surface area contributed by atoms with Gasteiger partial charge in [-0.05, 0) is 36.8 Å². The smallest absolute Gasteiger partial charge is 0.161 e. The van der Waals surface area contributed by atoms with E-state index in [1.807, 2.05) is 6.07 Å². The van der Waals surface area contributed by atoms with E-state index in [0.29, 0.717) is 5.69 Å². The first-order valence-corrected chi connectivity index (χ1v) is 8.03. The summed E-state index contributed by atoms with van der Waals surface area (Å²) >= 11 is 0. The van der Waals surface area contributed by atoms with Crippen LogP contribution in [0, 0.1) is 18.6 Å². The third-order valence-corrected chi connectivity index (χ3v) is 4.47. The molecule has 0 saturated carbocycles. The molecular weight excluding hydrogens is 310 g/mol. The zero-order valence-electron chi connectivity index (χ0n) is 13.4. The van der Waals surface area contributed by atoms with Gasteiger partial charge in [0.2, 0.25) is 0 Å². The number of hydrogen-bond donors (Lipinski definition) is 1. The van der Waals surface area contributed by atoms with Gasteiger partial charge in [0.25, 0.3) is 0 Å². The Balaban J connectivity index is 1.75. The van der Waals surface area contributed by atoms with Crippen LogP contribution in [0.1, 0.15) is 5.56 Å². The van der Waals surface area contributed by atoms with Crippen molar-refractivity contribution in [3.8, 4) is 5.69 Å². The summed E-state index contributed by atoms with van der Waals surface area (Å²) in [6.07, 6.45) is 1.76. The van der Waals surface area contributed by atoms with Crippen LogP contribution in [0.4, 0.5) is 14.5 Å². The largest absolute Gasteiger partial charge is 0.369 e. The molecule has 1 aliphatic heterocycles. The summed E-state index contributed by atoms with van der Waals surface area (Å²) in [6, 6.07) is 8.92. The number of rotatable bonds is 2. The minimum Gasteiger partial charge on any atom is -0.369 e. The minimum atomic E-state index is -0.855. The number of nitrogens with one attached hydrogen (secondary N) is 1. The highest BCUT2D eigenvalue weighted by atomic mass is 19.2. The number of benzene rings is 2. The van der Waals surface area contributed by atoms with Crippen molar-refractivity contribution >= 4 is 16.6 Å². The first kappa shape index (κ1) is 15.1. The van der Waals surface area contributed by atoms with Crippen molar-refractivity contribution in [2.75, 3.05) is 31.1 Å². The van der Waals surface area contributed by atoms with Gasteiger partial charge in [0.15, 0.2) is 11.6 Å². The molecule has 1 saturated heterocycles. The third-order valence-electron chi connectivity index (χ3n) is 4.47. The summed E-state index contributed by atoms with van der Waals surface area (Å²) < 4.78 is 28.9. The van der Waals surface area contributed by atoms with Crippen LogP contribution in [0.5, 0.6) is 0 Å². The van der Waals surface area contributed by atoms with E-state index in [1.165, 1.54) is 6.07 Å². The Morgan fingerprint density at radius 3 is 2.58 bits per heavy atom. The predicted octanol–water partition coefficient (Wildman–Crippen LogP) is 3.02. The molecule has 0 amide bonds. The maximum absolute atomic E-state index is 13.7. The van der Waals surface area contributed by atoms with Crippen molar-refractivity contribution in [1.82, 2.24) is 15.1 Å². The van der Waals surface area contributed by atoms with Crippen LogP contribution < -0.4 is 10.2 Å². The van der Waals surface area contributed by atoms with Crippen LogP contribution in [0.25, 0.3) is 16.6 Å². The van der Waals surface area contributed by atoms with Gasteiger partial charge in [-0.25, -0.2) is 13.5 Å². The summed E-state index contributed by atoms with van der Waals surface area (Å²) in [6.45, 7) is 5.46. The number of aryl methyl sites for hydroxylation is 1. The van der Waals surface area contributed by atoms with Gasteiger partial charge in [-0.1, -0.05) is 0 Å². The van der Waals surface area contributed by atoms with Crippen LogP contribution in [0.2, 0.25) is 0 Å². The van der Waals surface area contributed by atoms with E-state index < -0.39 is 11.6 Å². The molecule has 1 aromatic heterocycles. The van der Waals surface area contributed by atoms with Crippen LogP contribution >= 0.6 is 0 Å². The van der Waals surface area contributed by atoms with Crippen LogP contribution in [0.15, 0.2) is 36.5 Å². The Bertz CT molecular complexity index is 874. The Morgan fingerprint density at radius 1 is 1.04 bits per heavy atom. The van der Waals surface area contributed by atoms with Gasteiger partial charge in [-0.3, -0.25) is 0 Å². The maximum atomic E-state index is 13.7. The van der Waals surface area contributed by atoms with Gasteiger partial charge >= 0.3 is 0 Å². The third kappa shape index (κ3) is 2.53. The standard InChI is InChI=1S/C18H18F2N4/c1-12-8-15(10-16(19)18(12)20)24-17-3-2-14(9-13(17)11-22-24)23-6-4-21-5-7-23/h2-3,8-11,21H,4-7H2,1H3. The van der Waals surface area contributed by atoms with Crippen molar-refractivity contribution in [1.29, 1.82) is 0 Å². The van der Waals surface area contributed by atoms with Crippen molar-refractivity contribution < 1.29 is 8.78 Å². The van der Waals surface area contributed by atoms with Crippen LogP contribution in [-0.4, -0.2) is 36.0 Å². The van der Waals surface area contributed by atoms with E-state index in [-0.39, 0.29) is 5.56 Å². The highest BCUT2D eigenvalue weighted by Crippen LogP contribution is 2.26. The van der Waals surface area contributed by atoms with Crippen molar-refractivity contribution in [2.45, 2.75) is 6.92 Å². The van der Waals surface area contributed by atoms with Crippen LogP contribution in [-0.2, 0) is 0 Å². The van der Waals surface area contributed by atoms with Crippen molar-refractivity contribution in [3.63, 3.8) is 0 Å². The Hall–Kier alpha value is -2.47. The molecule has 24 heavy (non-hydrogen) atoms. The van der Waals surface area contributed by atoms with Gasteiger partial charge in [-0.15, -0.1) is 0 Å². The topological polar surface area (TPSA) is 33.1 Å². The molecule has 0 unspecified atom stereocenters. The number of halogens is 2. The van der Waals surface area contributed by atoms with E-state index in [4.69, 9.17) is 0 Å². The average Bonchev–Trinajstić information content (AvgIpc) is 3.03. The molecule has 1 fully saturated rings. The first-order chi connectivity index (χ1) is 11.6. The lowest BCUT2D eigenvalue weighted by Gasteiger charge is -2.29. The van der Waals surface area contributed by atoms with E-state index in [1.54, 1.807) is 23.9 Å². The highest BCUT2D eigenvalue weighted by molar-refractivity contribution is 5.84. The number of fused-ring (bicyclic) bond motifs is 1.